The fourth-order valence-electron chi connectivity index (χ4n) is 2.19. The van der Waals surface area contributed by atoms with Crippen molar-refractivity contribution in [2.45, 2.75) is 98.3 Å². The summed E-state index contributed by atoms with van der Waals surface area (Å²) in [6, 6.07) is 0. The molecule has 5 heteroatoms. The van der Waals surface area contributed by atoms with Crippen molar-refractivity contribution in [3.05, 3.63) is 0 Å². The van der Waals surface area contributed by atoms with Gasteiger partial charge in [-0.2, -0.15) is 0 Å². The Morgan fingerprint density at radius 2 is 0.917 bits per heavy atom. The number of carboxylic acids is 2. The van der Waals surface area contributed by atoms with Crippen LogP contribution < -0.4 is 0 Å². The van der Waals surface area contributed by atoms with E-state index in [1.807, 2.05) is 0 Å². The minimum atomic E-state index is -0.672. The van der Waals surface area contributed by atoms with E-state index < -0.39 is 11.9 Å². The van der Waals surface area contributed by atoms with Crippen molar-refractivity contribution in [1.82, 2.24) is 0 Å². The van der Waals surface area contributed by atoms with Crippen molar-refractivity contribution < 1.29 is 36.3 Å². The summed E-state index contributed by atoms with van der Waals surface area (Å²) in [5.41, 5.74) is 0. The van der Waals surface area contributed by atoms with Crippen molar-refractivity contribution in [3.63, 3.8) is 0 Å². The Balaban J connectivity index is -0.000000354. The topological polar surface area (TPSA) is 74.6 Å². The van der Waals surface area contributed by atoms with E-state index in [-0.39, 0.29) is 16.5 Å². The first-order valence-electron chi connectivity index (χ1n) is 9.19. The number of aliphatic carboxylic acids is 2. The van der Waals surface area contributed by atoms with Gasteiger partial charge in [-0.1, -0.05) is 72.6 Å². The van der Waals surface area contributed by atoms with Crippen molar-refractivity contribution >= 4 is 11.9 Å². The molecule has 0 atom stereocenters. The second-order valence-electron chi connectivity index (χ2n) is 7.13. The molecule has 0 saturated heterocycles. The minimum absolute atomic E-state index is 0. The maximum atomic E-state index is 10.1. The van der Waals surface area contributed by atoms with Crippen LogP contribution in [0, 0.1) is 11.8 Å². The quantitative estimate of drug-likeness (QED) is 0.311. The van der Waals surface area contributed by atoms with Gasteiger partial charge in [-0.15, -0.1) is 0 Å². The standard InChI is InChI=1S/C10H20O2.C9H18O2.Ni/c1-9(2)7-5-3-4-6-8-10(11)12;1-8(2)6-4-3-5-7-9(10)11;/h9H,3-8H2,1-2H3,(H,11,12);8H,3-7H2,1-2H3,(H,10,11);. The van der Waals surface area contributed by atoms with Crippen LogP contribution in [0.1, 0.15) is 98.3 Å². The second-order valence-corrected chi connectivity index (χ2v) is 7.13. The van der Waals surface area contributed by atoms with E-state index in [1.54, 1.807) is 0 Å². The molecule has 0 heterocycles. The predicted molar refractivity (Wildman–Crippen MR) is 95.7 cm³/mol. The Kier molecular flexibility index (Phi) is 24.1. The van der Waals surface area contributed by atoms with E-state index in [1.165, 1.54) is 32.1 Å². The Bertz CT molecular complexity index is 291. The summed E-state index contributed by atoms with van der Waals surface area (Å²) in [5.74, 6) is 0.192. The number of unbranched alkanes of at least 4 members (excludes halogenated alkanes) is 5. The van der Waals surface area contributed by atoms with E-state index in [0.717, 1.165) is 37.5 Å². The summed E-state index contributed by atoms with van der Waals surface area (Å²) in [6.07, 6.45) is 10.6. The van der Waals surface area contributed by atoms with Gasteiger partial charge in [-0.05, 0) is 24.7 Å². The first-order chi connectivity index (χ1) is 10.8. The molecule has 0 amide bonds. The van der Waals surface area contributed by atoms with Crippen molar-refractivity contribution in [2.24, 2.45) is 11.8 Å². The zero-order valence-electron chi connectivity index (χ0n) is 16.0. The zero-order valence-corrected chi connectivity index (χ0v) is 16.9. The van der Waals surface area contributed by atoms with E-state index in [2.05, 4.69) is 27.7 Å². The summed E-state index contributed by atoms with van der Waals surface area (Å²) in [4.78, 5) is 20.2. The van der Waals surface area contributed by atoms with Gasteiger partial charge in [0, 0.05) is 29.3 Å². The summed E-state index contributed by atoms with van der Waals surface area (Å²) < 4.78 is 0. The van der Waals surface area contributed by atoms with Gasteiger partial charge >= 0.3 is 11.9 Å². The van der Waals surface area contributed by atoms with Crippen LogP contribution in [0.2, 0.25) is 0 Å². The molecule has 0 rings (SSSR count). The van der Waals surface area contributed by atoms with Crippen molar-refractivity contribution in [3.8, 4) is 0 Å². The van der Waals surface area contributed by atoms with Crippen LogP contribution in [0.3, 0.4) is 0 Å². The van der Waals surface area contributed by atoms with Crippen LogP contribution in [0.15, 0.2) is 0 Å². The molecule has 0 aliphatic rings. The Morgan fingerprint density at radius 1 is 0.625 bits per heavy atom. The van der Waals surface area contributed by atoms with Gasteiger partial charge in [0.1, 0.15) is 0 Å². The zero-order chi connectivity index (χ0) is 18.1. The fourth-order valence-corrected chi connectivity index (χ4v) is 2.19. The molecule has 0 aromatic heterocycles. The maximum absolute atomic E-state index is 10.1. The van der Waals surface area contributed by atoms with Crippen molar-refractivity contribution in [1.29, 1.82) is 0 Å². The number of hydrogen-bond acceptors (Lipinski definition) is 2. The minimum Gasteiger partial charge on any atom is -0.481 e. The molecule has 24 heavy (non-hydrogen) atoms. The van der Waals surface area contributed by atoms with Gasteiger partial charge in [0.15, 0.2) is 0 Å². The van der Waals surface area contributed by atoms with Gasteiger partial charge in [0.05, 0.1) is 0 Å². The first-order valence-corrected chi connectivity index (χ1v) is 9.19. The van der Waals surface area contributed by atoms with Crippen LogP contribution in [0.25, 0.3) is 0 Å². The van der Waals surface area contributed by atoms with Gasteiger partial charge in [-0.25, -0.2) is 0 Å². The summed E-state index contributed by atoms with van der Waals surface area (Å²) >= 11 is 0. The van der Waals surface area contributed by atoms with Crippen molar-refractivity contribution in [2.75, 3.05) is 0 Å². The molecule has 148 valence electrons. The van der Waals surface area contributed by atoms with Crippen LogP contribution in [0.5, 0.6) is 0 Å². The Labute approximate surface area is 158 Å². The number of rotatable bonds is 13. The first kappa shape index (κ1) is 28.2. The monoisotopic (exact) mass is 388 g/mol. The molecule has 0 unspecified atom stereocenters. The third kappa shape index (κ3) is 33.1. The van der Waals surface area contributed by atoms with Gasteiger partial charge in [-0.3, -0.25) is 9.59 Å². The maximum Gasteiger partial charge on any atom is 0.303 e. The molecule has 0 aliphatic heterocycles. The molecule has 0 aliphatic carbocycles. The second kappa shape index (κ2) is 20.5. The van der Waals surface area contributed by atoms with Crippen LogP contribution in [-0.4, -0.2) is 22.2 Å². The molecule has 0 spiro atoms. The van der Waals surface area contributed by atoms with E-state index in [4.69, 9.17) is 10.2 Å². The average Bonchev–Trinajstić information content (AvgIpc) is 2.41. The average molecular weight is 389 g/mol. The van der Waals surface area contributed by atoms with E-state index >= 15 is 0 Å². The fraction of sp³-hybridized carbons (Fsp3) is 0.895. The van der Waals surface area contributed by atoms with Gasteiger partial charge < -0.3 is 10.2 Å². The molecule has 0 fully saturated rings. The van der Waals surface area contributed by atoms with E-state index in [0.29, 0.717) is 12.8 Å². The number of hydrogen-bond donors (Lipinski definition) is 2. The SMILES string of the molecule is CC(C)CCCCCC(=O)O.CC(C)CCCCCCC(=O)O.[Ni]. The summed E-state index contributed by atoms with van der Waals surface area (Å²) in [7, 11) is 0. The van der Waals surface area contributed by atoms with Gasteiger partial charge in [0.2, 0.25) is 0 Å². The predicted octanol–water partition coefficient (Wildman–Crippen LogP) is 5.74. The number of carboxylic acid groups (broad SMARTS) is 2. The van der Waals surface area contributed by atoms with Gasteiger partial charge in [0.25, 0.3) is 0 Å². The molecular formula is C19H38NiO4. The van der Waals surface area contributed by atoms with E-state index in [9.17, 15) is 9.59 Å². The Morgan fingerprint density at radius 3 is 1.21 bits per heavy atom. The largest absolute Gasteiger partial charge is 0.481 e. The smallest absolute Gasteiger partial charge is 0.303 e. The normalized spacial score (nSPS) is 10.1. The Hall–Kier alpha value is -0.566. The molecule has 0 aromatic carbocycles. The molecule has 4 nitrogen and oxygen atoms in total. The summed E-state index contributed by atoms with van der Waals surface area (Å²) in [5, 5.41) is 16.7. The molecule has 0 bridgehead atoms. The molecule has 0 aromatic rings. The third-order valence-electron chi connectivity index (χ3n) is 3.59. The summed E-state index contributed by atoms with van der Waals surface area (Å²) in [6.45, 7) is 8.82. The third-order valence-corrected chi connectivity index (χ3v) is 3.59. The van der Waals surface area contributed by atoms with Crippen LogP contribution in [0.4, 0.5) is 0 Å². The number of carbonyl (C=O) groups is 2. The molecule has 2 N–H and O–H groups in total. The molecular weight excluding hydrogens is 351 g/mol. The van der Waals surface area contributed by atoms with Crippen LogP contribution in [-0.2, 0) is 26.1 Å². The van der Waals surface area contributed by atoms with Crippen LogP contribution >= 0.6 is 0 Å². The molecule has 0 radical (unpaired) electrons. The molecule has 0 saturated carbocycles.